The standard InChI is InChI=1S/C79H130N28O27/c1-11-40(7)48(36-115)95-66(76(132)99-59(87-24-26-108)70(126)101-60(69(125)86-10)94-47(35-114)28-54(121)122)106-77(133)67(96-49(37-116)41(8)12-2)105-72(128)61(89-42(9)30-109)102-75(131)65(93-46(34-113)27-38(3)4)104-74(130)64(92-45(33-112)20-22-52(82)119)103-73(129)63(90-43(31-110)17-16-23-88-79(84)85)100-68(124)57(50(117)29-80)107-25-15-13-14-18-53(120)97-62(91-44(32-111)19-21-51(81)118)71(127)98-56(78(107)134)58(123)55(83)39(5)6/h13,15,26,30-49,55-57,59-67,87,89-96H,11-12,14,16-25,27-29,80,83H2,1-10H3,(H2,81,118)(H2,82,119)(H,86,125)(H,97,120)(H,98,127)(H,99,132)(H,100,124)(H,101,126)(H,102,131)(H,103,129)(H,104,130)(H,105,128)(H,106,133)(H,121,122)(H4,84,85,88)/t40-,41-,42+,43-,44-,45-,46-,47-,48+,49+,55+,56+,57+,59-,60-,61-,62-,63?,64-,65-,66-,67-/m1/s1. The number of aldehydes is 9. The van der Waals surface area contributed by atoms with Gasteiger partial charge in [-0.25, -0.2) is 0 Å². The number of nitrogens with two attached hydrogens (primary N) is 5. The van der Waals surface area contributed by atoms with Crippen molar-refractivity contribution in [2.45, 2.75) is 261 Å². The minimum atomic E-state index is -2.63. The van der Waals surface area contributed by atoms with E-state index in [4.69, 9.17) is 34.1 Å². The van der Waals surface area contributed by atoms with Crippen LogP contribution in [0.4, 0.5) is 0 Å². The first-order valence-corrected chi connectivity index (χ1v) is 42.7. The summed E-state index contributed by atoms with van der Waals surface area (Å²) < 4.78 is 0. The molecule has 55 heteroatoms. The maximum Gasteiger partial charge on any atom is 0.305 e. The summed E-state index contributed by atoms with van der Waals surface area (Å²) in [5.74, 6) is -26.8. The van der Waals surface area contributed by atoms with Gasteiger partial charge >= 0.3 is 5.97 Å². The van der Waals surface area contributed by atoms with Gasteiger partial charge in [-0.2, -0.15) is 0 Å². The van der Waals surface area contributed by atoms with E-state index in [0.717, 1.165) is 20.0 Å². The number of amides is 14. The molecular formula is C79H130N28O27. The van der Waals surface area contributed by atoms with Crippen LogP contribution in [-0.2, 0) is 125 Å². The number of aliphatic carboxylic acids is 1. The maximum atomic E-state index is 15.4. The van der Waals surface area contributed by atoms with Gasteiger partial charge in [0.2, 0.25) is 17.7 Å². The lowest BCUT2D eigenvalue weighted by molar-refractivity contribution is -0.151. The third kappa shape index (κ3) is 43.1. The van der Waals surface area contributed by atoms with Crippen LogP contribution in [0.15, 0.2) is 12.2 Å². The van der Waals surface area contributed by atoms with Crippen LogP contribution in [0.2, 0.25) is 0 Å². The number of allylic oxidation sites excluding steroid dienone is 1. The SMILES string of the molecule is CC[C@@H](C)[C@H](C=O)N[C@H](NC(=O)[C@@H](NC(=O)[C@@H](NC(=O)[C@@H](NC(=O)[C@@H](NC(=O)C(NC(=O)[C@H](C(=O)CN)N1CC=CCCC(=O)N[C@@H](N[C@@H](C=O)CCC(N)=O)C(=O)N[C@@H](C(=O)[C@@H](N)C(C)C)C1=O)N[C@@H](C=O)CCCNC(=N)N)N[C@@H](C=O)CCC(N)=O)N[C@@H](C=O)CC(C)C)N[C@@H](C)C=O)N[C@@H](C=O)[C@H](C)CC)C(=O)N[C@@H](NCC=O)C(=O)N[C@@H](N[C@@H](C=O)CC(=O)O)C(=O)NC. The van der Waals surface area contributed by atoms with E-state index in [1.165, 1.54) is 33.8 Å². The number of likely N-dealkylation sites (N-methyl/N-ethyl adjacent to an activating group) is 1. The summed E-state index contributed by atoms with van der Waals surface area (Å²) >= 11 is 0. The van der Waals surface area contributed by atoms with Crippen LogP contribution < -0.4 is 140 Å². The Labute approximate surface area is 770 Å². The summed E-state index contributed by atoms with van der Waals surface area (Å²) in [5.41, 5.74) is 28.5. The summed E-state index contributed by atoms with van der Waals surface area (Å²) in [7, 11) is 1.09. The number of carbonyl (C=O) groups excluding carboxylic acids is 25. The molecule has 0 aromatic carbocycles. The molecule has 0 radical (unpaired) electrons. The normalized spacial score (nSPS) is 18.0. The van der Waals surface area contributed by atoms with Crippen molar-refractivity contribution >= 4 is 163 Å². The average Bonchev–Trinajstić information content (AvgIpc) is 0.979. The highest BCUT2D eigenvalue weighted by molar-refractivity contribution is 6.15. The number of primary amides is 2. The fraction of sp³-hybridized carbons (Fsp3) is 0.633. The predicted octanol–water partition coefficient (Wildman–Crippen LogP) is -14.7. The Morgan fingerprint density at radius 3 is 1.34 bits per heavy atom. The zero-order valence-electron chi connectivity index (χ0n) is 75.9. The molecule has 0 fully saturated rings. The molecule has 55 nitrogen and oxygen atoms in total. The first kappa shape index (κ1) is 119. The summed E-state index contributed by atoms with van der Waals surface area (Å²) in [6, 6.07) is -19.0. The van der Waals surface area contributed by atoms with Gasteiger partial charge in [-0.05, 0) is 69.1 Å². The van der Waals surface area contributed by atoms with E-state index >= 15 is 33.6 Å². The number of carboxylic acids is 1. The molecule has 0 aliphatic carbocycles. The van der Waals surface area contributed by atoms with Gasteiger partial charge in [0, 0.05) is 39.4 Å². The van der Waals surface area contributed by atoms with Crippen LogP contribution in [0, 0.1) is 29.1 Å². The van der Waals surface area contributed by atoms with E-state index < -0.39 is 304 Å². The molecule has 0 bridgehead atoms. The minimum absolute atomic E-state index is 0.0870. The molecule has 22 atom stereocenters. The molecule has 1 unspecified atom stereocenters. The summed E-state index contributed by atoms with van der Waals surface area (Å²) in [5, 5.41) is 66.1. The third-order valence-electron chi connectivity index (χ3n) is 20.2. The largest absolute Gasteiger partial charge is 0.481 e. The number of rotatable bonds is 68. The Balaban J connectivity index is 4.63. The van der Waals surface area contributed by atoms with Crippen LogP contribution >= 0.6 is 0 Å². The number of carbonyl (C=O) groups is 26. The van der Waals surface area contributed by atoms with Gasteiger partial charge in [-0.15, -0.1) is 0 Å². The first-order valence-electron chi connectivity index (χ1n) is 42.7. The number of Topliss-reactive ketones (excluding diaryl/α,β-unsaturated/α-hetero) is 2. The predicted molar refractivity (Wildman–Crippen MR) is 469 cm³/mol. The monoisotopic (exact) mass is 1900 g/mol. The van der Waals surface area contributed by atoms with E-state index in [1.54, 1.807) is 27.7 Å². The van der Waals surface area contributed by atoms with Crippen molar-refractivity contribution in [2.75, 3.05) is 33.2 Å². The topological polar surface area (TPSA) is 874 Å². The molecule has 0 saturated heterocycles. The van der Waals surface area contributed by atoms with E-state index in [0.29, 0.717) is 17.5 Å². The van der Waals surface area contributed by atoms with Gasteiger partial charge in [0.1, 0.15) is 56.6 Å². The Hall–Kier alpha value is -13.0. The second-order valence-corrected chi connectivity index (χ2v) is 31.7. The number of ketones is 2. The van der Waals surface area contributed by atoms with Crippen LogP contribution in [0.3, 0.4) is 0 Å². The number of nitrogens with one attached hydrogen (secondary N) is 22. The van der Waals surface area contributed by atoms with Gasteiger partial charge in [0.25, 0.3) is 65.0 Å². The van der Waals surface area contributed by atoms with Gasteiger partial charge in [0.15, 0.2) is 85.1 Å². The Morgan fingerprint density at radius 2 is 0.940 bits per heavy atom. The summed E-state index contributed by atoms with van der Waals surface area (Å²) in [4.78, 5) is 355. The second-order valence-electron chi connectivity index (χ2n) is 31.7. The van der Waals surface area contributed by atoms with Crippen molar-refractivity contribution in [3.8, 4) is 0 Å². The molecule has 1 rings (SSSR count). The van der Waals surface area contributed by atoms with Gasteiger partial charge in [-0.1, -0.05) is 80.4 Å². The maximum absolute atomic E-state index is 15.4. The summed E-state index contributed by atoms with van der Waals surface area (Å²) in [6.07, 6.45) is -19.8. The van der Waals surface area contributed by atoms with Crippen molar-refractivity contribution in [3.05, 3.63) is 12.2 Å². The molecule has 1 aliphatic rings. The zero-order valence-corrected chi connectivity index (χ0v) is 75.9. The number of carboxylic acid groups (broad SMARTS) is 1. The van der Waals surface area contributed by atoms with Crippen LogP contribution in [0.25, 0.3) is 0 Å². The Kier molecular flexibility index (Phi) is 56.1. The molecule has 0 aromatic heterocycles. The molecular weight excluding hydrogens is 1770 g/mol. The molecule has 33 N–H and O–H groups in total. The van der Waals surface area contributed by atoms with Crippen molar-refractivity contribution in [3.63, 3.8) is 0 Å². The van der Waals surface area contributed by atoms with Gasteiger partial charge < -0.3 is 146 Å². The average molecular weight is 1900 g/mol. The van der Waals surface area contributed by atoms with E-state index in [2.05, 4.69) is 112 Å². The van der Waals surface area contributed by atoms with E-state index in [-0.39, 0.29) is 95.5 Å². The molecule has 0 spiro atoms. The molecule has 1 aliphatic heterocycles. The van der Waals surface area contributed by atoms with Crippen LogP contribution in [0.1, 0.15) is 139 Å². The molecule has 1 heterocycles. The van der Waals surface area contributed by atoms with Gasteiger partial charge in [0.05, 0.1) is 73.9 Å². The fourth-order valence-electron chi connectivity index (χ4n) is 12.3. The highest BCUT2D eigenvalue weighted by Gasteiger charge is 2.46. The van der Waals surface area contributed by atoms with Crippen molar-refractivity contribution in [1.29, 1.82) is 5.41 Å². The quantitative estimate of drug-likeness (QED) is 0.00511. The zero-order chi connectivity index (χ0) is 102. The number of hydrogen-bond donors (Lipinski definition) is 28. The number of guanidine groups is 1. The number of hydrogen-bond acceptors (Lipinski definition) is 38. The lowest BCUT2D eigenvalue weighted by Crippen LogP contribution is -2.70. The Bertz CT molecular complexity index is 4110. The lowest BCUT2D eigenvalue weighted by atomic mass is 9.94. The van der Waals surface area contributed by atoms with Crippen molar-refractivity contribution in [2.24, 2.45) is 52.3 Å². The lowest BCUT2D eigenvalue weighted by Gasteiger charge is -2.34. The smallest absolute Gasteiger partial charge is 0.305 e. The first-order chi connectivity index (χ1) is 63.2. The molecule has 0 aromatic rings. The van der Waals surface area contributed by atoms with Crippen LogP contribution in [-0.4, -0.2) is 328 Å². The van der Waals surface area contributed by atoms with E-state index in [1.807, 2.05) is 0 Å². The molecule has 0 saturated carbocycles. The molecule has 134 heavy (non-hydrogen) atoms. The molecule has 14 amide bonds. The highest BCUT2D eigenvalue weighted by atomic mass is 16.4. The molecule has 748 valence electrons. The minimum Gasteiger partial charge on any atom is -0.481 e. The van der Waals surface area contributed by atoms with Gasteiger partial charge in [-0.3, -0.25) is 135 Å². The van der Waals surface area contributed by atoms with Crippen molar-refractivity contribution in [1.82, 2.24) is 117 Å². The highest BCUT2D eigenvalue weighted by Crippen LogP contribution is 2.16. The van der Waals surface area contributed by atoms with E-state index in [9.17, 15) is 96.2 Å². The summed E-state index contributed by atoms with van der Waals surface area (Å²) in [6.45, 7) is 10.6. The van der Waals surface area contributed by atoms with Crippen LogP contribution in [0.5, 0.6) is 0 Å². The fourth-order valence-corrected chi connectivity index (χ4v) is 12.3. The third-order valence-corrected chi connectivity index (χ3v) is 20.2. The van der Waals surface area contributed by atoms with Crippen molar-refractivity contribution < 1.29 is 130 Å². The Morgan fingerprint density at radius 1 is 0.522 bits per heavy atom. The number of nitrogens with zero attached hydrogens (tertiary/aromatic N) is 1. The second kappa shape index (κ2) is 63.2.